The summed E-state index contributed by atoms with van der Waals surface area (Å²) in [6.07, 6.45) is 1.12. The van der Waals surface area contributed by atoms with Gasteiger partial charge in [-0.15, -0.1) is 0 Å². The Kier molecular flexibility index (Phi) is 6.32. The SMILES string of the molecule is CCCOCCN1CC(C(C)C)NCC1C. The highest BCUT2D eigenvalue weighted by molar-refractivity contribution is 4.85. The van der Waals surface area contributed by atoms with Crippen LogP contribution in [0.4, 0.5) is 0 Å². The lowest BCUT2D eigenvalue weighted by molar-refractivity contribution is 0.0642. The van der Waals surface area contributed by atoms with Gasteiger partial charge in [-0.1, -0.05) is 20.8 Å². The summed E-state index contributed by atoms with van der Waals surface area (Å²) in [5, 5.41) is 3.62. The number of ether oxygens (including phenoxy) is 1. The van der Waals surface area contributed by atoms with E-state index in [-0.39, 0.29) is 0 Å². The molecule has 1 fully saturated rings. The smallest absolute Gasteiger partial charge is 0.0593 e. The summed E-state index contributed by atoms with van der Waals surface area (Å²) in [7, 11) is 0. The fourth-order valence-electron chi connectivity index (χ4n) is 2.13. The molecule has 0 saturated carbocycles. The molecule has 1 rings (SSSR count). The maximum absolute atomic E-state index is 5.57. The first-order valence-corrected chi connectivity index (χ1v) is 6.70. The molecule has 0 bridgehead atoms. The van der Waals surface area contributed by atoms with Crippen LogP contribution in [0.25, 0.3) is 0 Å². The number of rotatable bonds is 6. The summed E-state index contributed by atoms with van der Waals surface area (Å²) in [6, 6.07) is 1.28. The van der Waals surface area contributed by atoms with Crippen LogP contribution in [0.3, 0.4) is 0 Å². The zero-order chi connectivity index (χ0) is 12.0. The second-order valence-corrected chi connectivity index (χ2v) is 5.22. The van der Waals surface area contributed by atoms with E-state index in [0.717, 1.165) is 39.3 Å². The Balaban J connectivity index is 2.26. The Bertz CT molecular complexity index is 185. The largest absolute Gasteiger partial charge is 0.380 e. The average Bonchev–Trinajstić information content (AvgIpc) is 2.26. The Labute approximate surface area is 101 Å². The van der Waals surface area contributed by atoms with Crippen molar-refractivity contribution in [3.8, 4) is 0 Å². The van der Waals surface area contributed by atoms with Crippen molar-refractivity contribution in [1.29, 1.82) is 0 Å². The van der Waals surface area contributed by atoms with E-state index in [1.54, 1.807) is 0 Å². The quantitative estimate of drug-likeness (QED) is 0.701. The minimum Gasteiger partial charge on any atom is -0.380 e. The molecule has 0 aromatic rings. The summed E-state index contributed by atoms with van der Waals surface area (Å²) >= 11 is 0. The summed E-state index contributed by atoms with van der Waals surface area (Å²) in [4.78, 5) is 2.55. The summed E-state index contributed by atoms with van der Waals surface area (Å²) in [6.45, 7) is 14.2. The third-order valence-corrected chi connectivity index (χ3v) is 3.41. The molecule has 3 heteroatoms. The van der Waals surface area contributed by atoms with Crippen molar-refractivity contribution in [2.24, 2.45) is 5.92 Å². The van der Waals surface area contributed by atoms with Crippen LogP contribution in [0.15, 0.2) is 0 Å². The number of nitrogens with zero attached hydrogens (tertiary/aromatic N) is 1. The first kappa shape index (κ1) is 13.9. The minimum atomic E-state index is 0.639. The van der Waals surface area contributed by atoms with E-state index in [1.807, 2.05) is 0 Å². The molecule has 2 unspecified atom stereocenters. The molecular weight excluding hydrogens is 200 g/mol. The fraction of sp³-hybridized carbons (Fsp3) is 1.00. The molecule has 16 heavy (non-hydrogen) atoms. The number of nitrogens with one attached hydrogen (secondary N) is 1. The molecule has 0 aliphatic carbocycles. The van der Waals surface area contributed by atoms with E-state index >= 15 is 0 Å². The van der Waals surface area contributed by atoms with Gasteiger partial charge in [-0.25, -0.2) is 0 Å². The second kappa shape index (κ2) is 7.25. The molecular formula is C13H28N2O. The minimum absolute atomic E-state index is 0.639. The third kappa shape index (κ3) is 4.40. The predicted molar refractivity (Wildman–Crippen MR) is 68.8 cm³/mol. The molecule has 3 nitrogen and oxygen atoms in total. The van der Waals surface area contributed by atoms with Crippen LogP contribution in [0.1, 0.15) is 34.1 Å². The zero-order valence-corrected chi connectivity index (χ0v) is 11.3. The van der Waals surface area contributed by atoms with Gasteiger partial charge in [0.25, 0.3) is 0 Å². The Hall–Kier alpha value is -0.120. The first-order chi connectivity index (χ1) is 7.65. The van der Waals surface area contributed by atoms with Crippen LogP contribution in [0.2, 0.25) is 0 Å². The molecule has 1 aliphatic rings. The van der Waals surface area contributed by atoms with Gasteiger partial charge >= 0.3 is 0 Å². The zero-order valence-electron chi connectivity index (χ0n) is 11.3. The van der Waals surface area contributed by atoms with Gasteiger partial charge in [0.2, 0.25) is 0 Å². The molecule has 1 N–H and O–H groups in total. The molecule has 0 aromatic carbocycles. The van der Waals surface area contributed by atoms with Crippen molar-refractivity contribution >= 4 is 0 Å². The van der Waals surface area contributed by atoms with Gasteiger partial charge in [0, 0.05) is 38.3 Å². The topological polar surface area (TPSA) is 24.5 Å². The number of piperazine rings is 1. The lowest BCUT2D eigenvalue weighted by Gasteiger charge is -2.40. The van der Waals surface area contributed by atoms with Gasteiger partial charge in [0.05, 0.1) is 6.61 Å². The van der Waals surface area contributed by atoms with E-state index in [2.05, 4.69) is 37.9 Å². The molecule has 2 atom stereocenters. The van der Waals surface area contributed by atoms with Crippen LogP contribution in [-0.4, -0.2) is 49.8 Å². The van der Waals surface area contributed by atoms with E-state index < -0.39 is 0 Å². The van der Waals surface area contributed by atoms with Gasteiger partial charge in [-0.2, -0.15) is 0 Å². The van der Waals surface area contributed by atoms with Crippen LogP contribution in [0.5, 0.6) is 0 Å². The Morgan fingerprint density at radius 2 is 2.12 bits per heavy atom. The maximum atomic E-state index is 5.57. The molecule has 1 saturated heterocycles. The standard InChI is InChI=1S/C13H28N2O/c1-5-7-16-8-6-15-10-13(11(2)3)14-9-12(15)4/h11-14H,5-10H2,1-4H3. The van der Waals surface area contributed by atoms with Crippen LogP contribution >= 0.6 is 0 Å². The monoisotopic (exact) mass is 228 g/mol. The van der Waals surface area contributed by atoms with Crippen molar-refractivity contribution < 1.29 is 4.74 Å². The van der Waals surface area contributed by atoms with E-state index in [0.29, 0.717) is 18.0 Å². The van der Waals surface area contributed by atoms with E-state index in [4.69, 9.17) is 4.74 Å². The first-order valence-electron chi connectivity index (χ1n) is 6.70. The lowest BCUT2D eigenvalue weighted by Crippen LogP contribution is -2.57. The van der Waals surface area contributed by atoms with Gasteiger partial charge in [0.1, 0.15) is 0 Å². The molecule has 1 heterocycles. The Morgan fingerprint density at radius 3 is 2.75 bits per heavy atom. The highest BCUT2D eigenvalue weighted by atomic mass is 16.5. The Morgan fingerprint density at radius 1 is 1.38 bits per heavy atom. The average molecular weight is 228 g/mol. The molecule has 96 valence electrons. The molecule has 0 aromatic heterocycles. The van der Waals surface area contributed by atoms with E-state index in [9.17, 15) is 0 Å². The van der Waals surface area contributed by atoms with E-state index in [1.165, 1.54) is 0 Å². The van der Waals surface area contributed by atoms with Crippen LogP contribution in [-0.2, 0) is 4.74 Å². The highest BCUT2D eigenvalue weighted by Crippen LogP contribution is 2.12. The van der Waals surface area contributed by atoms with Gasteiger partial charge < -0.3 is 10.1 Å². The highest BCUT2D eigenvalue weighted by Gasteiger charge is 2.25. The van der Waals surface area contributed by atoms with Crippen molar-refractivity contribution in [2.45, 2.75) is 46.2 Å². The predicted octanol–water partition coefficient (Wildman–Crippen LogP) is 1.73. The third-order valence-electron chi connectivity index (χ3n) is 3.41. The van der Waals surface area contributed by atoms with Crippen molar-refractivity contribution in [2.75, 3.05) is 32.8 Å². The van der Waals surface area contributed by atoms with Gasteiger partial charge in [-0.3, -0.25) is 4.90 Å². The lowest BCUT2D eigenvalue weighted by atomic mass is 10.00. The second-order valence-electron chi connectivity index (χ2n) is 5.22. The van der Waals surface area contributed by atoms with Crippen molar-refractivity contribution in [1.82, 2.24) is 10.2 Å². The maximum Gasteiger partial charge on any atom is 0.0593 e. The van der Waals surface area contributed by atoms with Crippen LogP contribution < -0.4 is 5.32 Å². The van der Waals surface area contributed by atoms with Gasteiger partial charge in [-0.05, 0) is 19.3 Å². The summed E-state index contributed by atoms with van der Waals surface area (Å²) in [5.74, 6) is 0.714. The van der Waals surface area contributed by atoms with Gasteiger partial charge in [0.15, 0.2) is 0 Å². The normalized spacial score (nSPS) is 27.6. The molecule has 0 radical (unpaired) electrons. The van der Waals surface area contributed by atoms with Crippen molar-refractivity contribution in [3.63, 3.8) is 0 Å². The van der Waals surface area contributed by atoms with Crippen molar-refractivity contribution in [3.05, 3.63) is 0 Å². The number of hydrogen-bond acceptors (Lipinski definition) is 3. The molecule has 0 spiro atoms. The summed E-state index contributed by atoms with van der Waals surface area (Å²) < 4.78 is 5.57. The summed E-state index contributed by atoms with van der Waals surface area (Å²) in [5.41, 5.74) is 0. The molecule has 1 aliphatic heterocycles. The number of hydrogen-bond donors (Lipinski definition) is 1. The van der Waals surface area contributed by atoms with Crippen LogP contribution in [0, 0.1) is 5.92 Å². The fourth-order valence-corrected chi connectivity index (χ4v) is 2.13. The molecule has 0 amide bonds.